The Balaban J connectivity index is 2.22. The molecular formula is C17H24N2O2. The molecule has 1 aliphatic heterocycles. The van der Waals surface area contributed by atoms with Crippen LogP contribution in [0.2, 0.25) is 0 Å². The zero-order valence-electron chi connectivity index (χ0n) is 12.8. The van der Waals surface area contributed by atoms with Gasteiger partial charge in [0, 0.05) is 12.6 Å². The molecule has 114 valence electrons. The second kappa shape index (κ2) is 7.36. The van der Waals surface area contributed by atoms with Gasteiger partial charge in [-0.15, -0.1) is 0 Å². The molecule has 1 saturated heterocycles. The average Bonchev–Trinajstić information content (AvgIpc) is 2.56. The summed E-state index contributed by atoms with van der Waals surface area (Å²) >= 11 is 0. The normalized spacial score (nSPS) is 20.8. The lowest BCUT2D eigenvalue weighted by Crippen LogP contribution is -2.55. The summed E-state index contributed by atoms with van der Waals surface area (Å²) in [6, 6.07) is 8.98. The molecule has 0 radical (unpaired) electrons. The molecule has 21 heavy (non-hydrogen) atoms. The minimum Gasteiger partial charge on any atom is -0.358 e. The molecule has 1 amide bonds. The molecule has 2 unspecified atom stereocenters. The molecule has 1 fully saturated rings. The lowest BCUT2D eigenvalue weighted by atomic mass is 9.94. The Labute approximate surface area is 126 Å². The van der Waals surface area contributed by atoms with Crippen LogP contribution in [0.15, 0.2) is 30.3 Å². The van der Waals surface area contributed by atoms with Gasteiger partial charge in [0.2, 0.25) is 5.91 Å². The molecular weight excluding hydrogens is 264 g/mol. The van der Waals surface area contributed by atoms with E-state index in [0.717, 1.165) is 37.8 Å². The summed E-state index contributed by atoms with van der Waals surface area (Å²) in [5.41, 5.74) is 0.727. The van der Waals surface area contributed by atoms with Crippen LogP contribution in [0.5, 0.6) is 0 Å². The van der Waals surface area contributed by atoms with E-state index < -0.39 is 0 Å². The Kier molecular flexibility index (Phi) is 5.51. The van der Waals surface area contributed by atoms with Gasteiger partial charge in [0.15, 0.2) is 5.78 Å². The Morgan fingerprint density at radius 2 is 2.00 bits per heavy atom. The molecule has 0 aromatic heterocycles. The van der Waals surface area contributed by atoms with E-state index in [-0.39, 0.29) is 23.8 Å². The van der Waals surface area contributed by atoms with Crippen molar-refractivity contribution in [2.75, 3.05) is 13.6 Å². The standard InChI is InChI=1S/C17H24N2O2/c1-3-14(16(20)13-9-5-4-6-10-13)19-12-8-7-11-15(19)17(21)18-2/h4-6,9-10,14-15H,3,7-8,11-12H2,1-2H3,(H,18,21). The zero-order valence-corrected chi connectivity index (χ0v) is 12.8. The molecule has 4 nitrogen and oxygen atoms in total. The van der Waals surface area contributed by atoms with Gasteiger partial charge in [-0.25, -0.2) is 0 Å². The second-order valence-electron chi connectivity index (χ2n) is 5.52. The fraction of sp³-hybridized carbons (Fsp3) is 0.529. The van der Waals surface area contributed by atoms with Crippen LogP contribution in [0, 0.1) is 0 Å². The van der Waals surface area contributed by atoms with E-state index in [1.165, 1.54) is 0 Å². The number of nitrogens with zero attached hydrogens (tertiary/aromatic N) is 1. The summed E-state index contributed by atoms with van der Waals surface area (Å²) in [6.45, 7) is 2.83. The fourth-order valence-corrected chi connectivity index (χ4v) is 3.14. The van der Waals surface area contributed by atoms with Gasteiger partial charge in [-0.1, -0.05) is 43.7 Å². The lowest BCUT2D eigenvalue weighted by molar-refractivity contribution is -0.127. The summed E-state index contributed by atoms with van der Waals surface area (Å²) in [4.78, 5) is 26.9. The molecule has 1 heterocycles. The number of carbonyl (C=O) groups excluding carboxylic acids is 2. The van der Waals surface area contributed by atoms with Crippen LogP contribution >= 0.6 is 0 Å². The highest BCUT2D eigenvalue weighted by Crippen LogP contribution is 2.23. The van der Waals surface area contributed by atoms with Crippen molar-refractivity contribution in [2.24, 2.45) is 0 Å². The SMILES string of the molecule is CCC(C(=O)c1ccccc1)N1CCCCC1C(=O)NC. The first kappa shape index (κ1) is 15.7. The van der Waals surface area contributed by atoms with Crippen LogP contribution < -0.4 is 5.32 Å². The molecule has 1 aliphatic rings. The summed E-state index contributed by atoms with van der Waals surface area (Å²) < 4.78 is 0. The van der Waals surface area contributed by atoms with E-state index in [0.29, 0.717) is 0 Å². The van der Waals surface area contributed by atoms with Crippen molar-refractivity contribution in [2.45, 2.75) is 44.7 Å². The Morgan fingerprint density at radius 3 is 2.62 bits per heavy atom. The minimum absolute atomic E-state index is 0.0222. The third kappa shape index (κ3) is 3.50. The van der Waals surface area contributed by atoms with Crippen molar-refractivity contribution in [1.29, 1.82) is 0 Å². The van der Waals surface area contributed by atoms with Gasteiger partial charge in [-0.2, -0.15) is 0 Å². The lowest BCUT2D eigenvalue weighted by Gasteiger charge is -2.39. The van der Waals surface area contributed by atoms with Gasteiger partial charge in [0.1, 0.15) is 0 Å². The quantitative estimate of drug-likeness (QED) is 0.845. The van der Waals surface area contributed by atoms with Gasteiger partial charge in [0.25, 0.3) is 0 Å². The summed E-state index contributed by atoms with van der Waals surface area (Å²) in [5.74, 6) is 0.142. The number of carbonyl (C=O) groups is 2. The molecule has 0 saturated carbocycles. The average molecular weight is 288 g/mol. The maximum atomic E-state index is 12.8. The number of Topliss-reactive ketones (excluding diaryl/α,β-unsaturated/α-hetero) is 1. The number of likely N-dealkylation sites (N-methyl/N-ethyl adjacent to an activating group) is 1. The topological polar surface area (TPSA) is 49.4 Å². The third-order valence-electron chi connectivity index (χ3n) is 4.24. The van der Waals surface area contributed by atoms with Crippen LogP contribution in [-0.4, -0.2) is 42.3 Å². The van der Waals surface area contributed by atoms with E-state index in [4.69, 9.17) is 0 Å². The highest BCUT2D eigenvalue weighted by Gasteiger charge is 2.35. The van der Waals surface area contributed by atoms with E-state index in [9.17, 15) is 9.59 Å². The molecule has 0 bridgehead atoms. The first-order chi connectivity index (χ1) is 10.2. The number of ketones is 1. The highest BCUT2D eigenvalue weighted by atomic mass is 16.2. The number of amides is 1. The first-order valence-electron chi connectivity index (χ1n) is 7.75. The van der Waals surface area contributed by atoms with Crippen molar-refractivity contribution in [3.05, 3.63) is 35.9 Å². The molecule has 1 N–H and O–H groups in total. The van der Waals surface area contributed by atoms with Crippen molar-refractivity contribution in [3.63, 3.8) is 0 Å². The first-order valence-corrected chi connectivity index (χ1v) is 7.75. The predicted octanol–water partition coefficient (Wildman–Crippen LogP) is 2.25. The Bertz CT molecular complexity index is 487. The van der Waals surface area contributed by atoms with Crippen LogP contribution in [0.1, 0.15) is 43.0 Å². The van der Waals surface area contributed by atoms with Crippen LogP contribution in [0.25, 0.3) is 0 Å². The number of hydrogen-bond acceptors (Lipinski definition) is 3. The zero-order chi connectivity index (χ0) is 15.2. The van der Waals surface area contributed by atoms with Gasteiger partial charge >= 0.3 is 0 Å². The third-order valence-corrected chi connectivity index (χ3v) is 4.24. The molecule has 1 aromatic carbocycles. The van der Waals surface area contributed by atoms with Crippen molar-refractivity contribution in [1.82, 2.24) is 10.2 Å². The van der Waals surface area contributed by atoms with Crippen LogP contribution in [0.3, 0.4) is 0 Å². The minimum atomic E-state index is -0.213. The molecule has 2 rings (SSSR count). The van der Waals surface area contributed by atoms with Crippen LogP contribution in [-0.2, 0) is 4.79 Å². The Morgan fingerprint density at radius 1 is 1.29 bits per heavy atom. The van der Waals surface area contributed by atoms with Crippen molar-refractivity contribution < 1.29 is 9.59 Å². The summed E-state index contributed by atoms with van der Waals surface area (Å²) in [5, 5.41) is 2.73. The van der Waals surface area contributed by atoms with E-state index in [1.54, 1.807) is 7.05 Å². The fourth-order valence-electron chi connectivity index (χ4n) is 3.14. The maximum absolute atomic E-state index is 12.8. The van der Waals surface area contributed by atoms with E-state index in [2.05, 4.69) is 10.2 Å². The number of benzene rings is 1. The van der Waals surface area contributed by atoms with Gasteiger partial charge in [-0.3, -0.25) is 14.5 Å². The van der Waals surface area contributed by atoms with Crippen molar-refractivity contribution >= 4 is 11.7 Å². The Hall–Kier alpha value is -1.68. The summed E-state index contributed by atoms with van der Waals surface area (Å²) in [6.07, 6.45) is 3.65. The van der Waals surface area contributed by atoms with Crippen LogP contribution in [0.4, 0.5) is 0 Å². The number of nitrogens with one attached hydrogen (secondary N) is 1. The largest absolute Gasteiger partial charge is 0.358 e. The molecule has 1 aromatic rings. The number of hydrogen-bond donors (Lipinski definition) is 1. The summed E-state index contributed by atoms with van der Waals surface area (Å²) in [7, 11) is 1.66. The smallest absolute Gasteiger partial charge is 0.237 e. The van der Waals surface area contributed by atoms with E-state index >= 15 is 0 Å². The molecule has 2 atom stereocenters. The number of piperidine rings is 1. The number of likely N-dealkylation sites (tertiary alicyclic amines) is 1. The molecule has 0 aliphatic carbocycles. The molecule has 4 heteroatoms. The van der Waals surface area contributed by atoms with E-state index in [1.807, 2.05) is 37.3 Å². The molecule has 0 spiro atoms. The predicted molar refractivity (Wildman–Crippen MR) is 83.3 cm³/mol. The van der Waals surface area contributed by atoms with Gasteiger partial charge in [0.05, 0.1) is 12.1 Å². The highest BCUT2D eigenvalue weighted by molar-refractivity contribution is 6.00. The van der Waals surface area contributed by atoms with Crippen molar-refractivity contribution in [3.8, 4) is 0 Å². The van der Waals surface area contributed by atoms with Gasteiger partial charge < -0.3 is 5.32 Å². The monoisotopic (exact) mass is 288 g/mol. The number of rotatable bonds is 5. The maximum Gasteiger partial charge on any atom is 0.237 e. The van der Waals surface area contributed by atoms with Gasteiger partial charge in [-0.05, 0) is 25.8 Å². The second-order valence-corrected chi connectivity index (χ2v) is 5.52.